The number of Topliss-reactive ketones (excluding diaryl/α,β-unsaturated/α-hetero) is 1. The molecular formula is C11H9F5O2. The Morgan fingerprint density at radius 3 is 2.22 bits per heavy atom. The van der Waals surface area contributed by atoms with Crippen molar-refractivity contribution in [1.29, 1.82) is 0 Å². The molecule has 0 amide bonds. The molecule has 1 aromatic rings. The number of ketones is 1. The van der Waals surface area contributed by atoms with Crippen molar-refractivity contribution >= 4 is 5.78 Å². The fourth-order valence-corrected chi connectivity index (χ4v) is 1.54. The lowest BCUT2D eigenvalue weighted by atomic mass is 10.0. The Morgan fingerprint density at radius 1 is 1.28 bits per heavy atom. The first kappa shape index (κ1) is 14.4. The smallest absolute Gasteiger partial charge is 0.419 e. The standard InChI is InChI=1S/C11H9F5O2/c1-5-7(6(2)17)3-4-8(11(14,15)16)9(5)18-10(12)13/h3-4,10H,1-2H3. The first-order chi connectivity index (χ1) is 8.14. The van der Waals surface area contributed by atoms with Gasteiger partial charge in [-0.25, -0.2) is 0 Å². The summed E-state index contributed by atoms with van der Waals surface area (Å²) in [5.41, 5.74) is -1.67. The quantitative estimate of drug-likeness (QED) is 0.615. The van der Waals surface area contributed by atoms with Crippen LogP contribution in [0.5, 0.6) is 5.75 Å². The van der Waals surface area contributed by atoms with Gasteiger partial charge in [-0.2, -0.15) is 22.0 Å². The van der Waals surface area contributed by atoms with Crippen LogP contribution < -0.4 is 4.74 Å². The van der Waals surface area contributed by atoms with Crippen molar-refractivity contribution in [3.8, 4) is 5.75 Å². The second-order valence-electron chi connectivity index (χ2n) is 3.55. The van der Waals surface area contributed by atoms with Gasteiger partial charge < -0.3 is 4.74 Å². The number of ether oxygens (including phenoxy) is 1. The molecular weight excluding hydrogens is 259 g/mol. The Morgan fingerprint density at radius 2 is 1.83 bits per heavy atom. The zero-order valence-corrected chi connectivity index (χ0v) is 9.44. The maximum absolute atomic E-state index is 12.6. The van der Waals surface area contributed by atoms with Gasteiger partial charge in [-0.3, -0.25) is 4.79 Å². The van der Waals surface area contributed by atoms with Crippen molar-refractivity contribution in [2.75, 3.05) is 0 Å². The van der Waals surface area contributed by atoms with Crippen LogP contribution in [0.25, 0.3) is 0 Å². The molecule has 1 aromatic carbocycles. The first-order valence-electron chi connectivity index (χ1n) is 4.81. The molecule has 0 saturated carbocycles. The molecule has 0 heterocycles. The van der Waals surface area contributed by atoms with Gasteiger partial charge in [0.25, 0.3) is 0 Å². The Hall–Kier alpha value is -1.66. The zero-order chi connectivity index (χ0) is 14.1. The van der Waals surface area contributed by atoms with Gasteiger partial charge in [-0.1, -0.05) is 6.07 Å². The predicted octanol–water partition coefficient (Wildman–Crippen LogP) is 3.82. The van der Waals surface area contributed by atoms with Crippen LogP contribution in [0.1, 0.15) is 28.4 Å². The minimum absolute atomic E-state index is 0.0846. The van der Waals surface area contributed by atoms with Crippen LogP contribution in [0.2, 0.25) is 0 Å². The van der Waals surface area contributed by atoms with E-state index >= 15 is 0 Å². The van der Waals surface area contributed by atoms with E-state index < -0.39 is 29.9 Å². The fourth-order valence-electron chi connectivity index (χ4n) is 1.54. The fraction of sp³-hybridized carbons (Fsp3) is 0.364. The summed E-state index contributed by atoms with van der Waals surface area (Å²) in [7, 11) is 0. The van der Waals surface area contributed by atoms with Crippen LogP contribution in [-0.4, -0.2) is 12.4 Å². The Balaban J connectivity index is 3.46. The number of hydrogen-bond acceptors (Lipinski definition) is 2. The molecule has 18 heavy (non-hydrogen) atoms. The van der Waals surface area contributed by atoms with Gasteiger partial charge in [-0.05, 0) is 19.9 Å². The Labute approximate surface area is 99.4 Å². The number of carbonyl (C=O) groups excluding carboxylic acids is 1. The summed E-state index contributed by atoms with van der Waals surface area (Å²) in [4.78, 5) is 11.1. The molecule has 0 aromatic heterocycles. The van der Waals surface area contributed by atoms with E-state index in [-0.39, 0.29) is 11.1 Å². The SMILES string of the molecule is CC(=O)c1ccc(C(F)(F)F)c(OC(F)F)c1C. The van der Waals surface area contributed by atoms with E-state index in [2.05, 4.69) is 4.74 Å². The average molecular weight is 268 g/mol. The molecule has 0 aliphatic carbocycles. The molecule has 0 saturated heterocycles. The van der Waals surface area contributed by atoms with Crippen LogP contribution in [0.3, 0.4) is 0 Å². The molecule has 0 N–H and O–H groups in total. The Kier molecular flexibility index (Phi) is 3.93. The van der Waals surface area contributed by atoms with Crippen molar-refractivity contribution in [1.82, 2.24) is 0 Å². The highest BCUT2D eigenvalue weighted by Crippen LogP contribution is 2.39. The van der Waals surface area contributed by atoms with E-state index in [1.54, 1.807) is 0 Å². The third kappa shape index (κ3) is 2.96. The van der Waals surface area contributed by atoms with Crippen LogP contribution >= 0.6 is 0 Å². The lowest BCUT2D eigenvalue weighted by Crippen LogP contribution is -2.14. The topological polar surface area (TPSA) is 26.3 Å². The summed E-state index contributed by atoms with van der Waals surface area (Å²) in [6.07, 6.45) is -4.83. The summed E-state index contributed by atoms with van der Waals surface area (Å²) in [6, 6.07) is 1.50. The highest BCUT2D eigenvalue weighted by atomic mass is 19.4. The van der Waals surface area contributed by atoms with Crippen molar-refractivity contribution in [2.24, 2.45) is 0 Å². The maximum atomic E-state index is 12.6. The normalized spacial score (nSPS) is 11.8. The minimum atomic E-state index is -4.83. The molecule has 0 spiro atoms. The van der Waals surface area contributed by atoms with Gasteiger partial charge in [0.05, 0.1) is 5.56 Å². The third-order valence-electron chi connectivity index (χ3n) is 2.30. The molecule has 100 valence electrons. The second kappa shape index (κ2) is 4.91. The molecule has 2 nitrogen and oxygen atoms in total. The van der Waals surface area contributed by atoms with Gasteiger partial charge in [0.15, 0.2) is 5.78 Å². The third-order valence-corrected chi connectivity index (χ3v) is 2.30. The molecule has 0 aliphatic heterocycles. The van der Waals surface area contributed by atoms with E-state index in [4.69, 9.17) is 0 Å². The first-order valence-corrected chi connectivity index (χ1v) is 4.81. The summed E-state index contributed by atoms with van der Waals surface area (Å²) in [5.74, 6) is -1.54. The highest BCUT2D eigenvalue weighted by Gasteiger charge is 2.36. The molecule has 0 unspecified atom stereocenters. The second-order valence-corrected chi connectivity index (χ2v) is 3.55. The number of halogens is 5. The van der Waals surface area contributed by atoms with Crippen molar-refractivity contribution in [3.05, 3.63) is 28.8 Å². The van der Waals surface area contributed by atoms with E-state index in [0.717, 1.165) is 19.9 Å². The highest BCUT2D eigenvalue weighted by molar-refractivity contribution is 5.96. The van der Waals surface area contributed by atoms with E-state index in [1.165, 1.54) is 0 Å². The average Bonchev–Trinajstić information content (AvgIpc) is 2.17. The minimum Gasteiger partial charge on any atom is -0.434 e. The number of alkyl halides is 5. The van der Waals surface area contributed by atoms with Gasteiger partial charge >= 0.3 is 12.8 Å². The molecule has 0 aliphatic rings. The summed E-state index contributed by atoms with van der Waals surface area (Å²) in [6.45, 7) is -1.14. The molecule has 0 atom stereocenters. The summed E-state index contributed by atoms with van der Waals surface area (Å²) in [5, 5.41) is 0. The molecule has 1 rings (SSSR count). The van der Waals surface area contributed by atoms with E-state index in [9.17, 15) is 26.7 Å². The van der Waals surface area contributed by atoms with Crippen molar-refractivity contribution in [3.63, 3.8) is 0 Å². The number of hydrogen-bond donors (Lipinski definition) is 0. The van der Waals surface area contributed by atoms with E-state index in [0.29, 0.717) is 6.07 Å². The van der Waals surface area contributed by atoms with Crippen LogP contribution in [0, 0.1) is 6.92 Å². The van der Waals surface area contributed by atoms with Crippen LogP contribution in [0.4, 0.5) is 22.0 Å². The summed E-state index contributed by atoms with van der Waals surface area (Å²) >= 11 is 0. The zero-order valence-electron chi connectivity index (χ0n) is 9.44. The van der Waals surface area contributed by atoms with Crippen molar-refractivity contribution in [2.45, 2.75) is 26.6 Å². The molecule has 7 heteroatoms. The monoisotopic (exact) mass is 268 g/mol. The van der Waals surface area contributed by atoms with Gasteiger partial charge in [-0.15, -0.1) is 0 Å². The molecule has 0 radical (unpaired) electrons. The number of carbonyl (C=O) groups is 1. The lowest BCUT2D eigenvalue weighted by molar-refractivity contribution is -0.142. The maximum Gasteiger partial charge on any atom is 0.419 e. The Bertz CT molecular complexity index is 465. The largest absolute Gasteiger partial charge is 0.434 e. The van der Waals surface area contributed by atoms with Crippen LogP contribution in [-0.2, 0) is 6.18 Å². The summed E-state index contributed by atoms with van der Waals surface area (Å²) < 4.78 is 65.9. The van der Waals surface area contributed by atoms with E-state index in [1.807, 2.05) is 0 Å². The van der Waals surface area contributed by atoms with Crippen molar-refractivity contribution < 1.29 is 31.5 Å². The lowest BCUT2D eigenvalue weighted by Gasteiger charge is -2.17. The van der Waals surface area contributed by atoms with Gasteiger partial charge in [0.2, 0.25) is 0 Å². The van der Waals surface area contributed by atoms with Gasteiger partial charge in [0.1, 0.15) is 5.75 Å². The number of rotatable bonds is 3. The molecule has 0 bridgehead atoms. The predicted molar refractivity (Wildman–Crippen MR) is 52.8 cm³/mol. The van der Waals surface area contributed by atoms with Crippen LogP contribution in [0.15, 0.2) is 12.1 Å². The number of benzene rings is 1. The van der Waals surface area contributed by atoms with Gasteiger partial charge in [0, 0.05) is 11.1 Å². The molecule has 0 fully saturated rings.